The van der Waals surface area contributed by atoms with Crippen LogP contribution in [0.1, 0.15) is 37.7 Å². The van der Waals surface area contributed by atoms with Crippen molar-refractivity contribution in [2.45, 2.75) is 48.8 Å². The fraction of sp³-hybridized carbons (Fsp3) is 0.368. The average Bonchev–Trinajstić information content (AvgIpc) is 2.64. The van der Waals surface area contributed by atoms with Gasteiger partial charge in [0, 0.05) is 16.8 Å². The van der Waals surface area contributed by atoms with Crippen molar-refractivity contribution in [3.8, 4) is 0 Å². The molecule has 2 N–H and O–H groups in total. The number of hydrogen-bond acceptors (Lipinski definition) is 4. The third kappa shape index (κ3) is 5.70. The average molecular weight is 443 g/mol. The largest absolute Gasteiger partial charge is 0.283 e. The number of hydrogen-bond donors (Lipinski definition) is 2. The monoisotopic (exact) mass is 442 g/mol. The molecule has 0 spiro atoms. The molecule has 0 radical (unpaired) electrons. The van der Waals surface area contributed by atoms with Crippen LogP contribution < -0.4 is 9.44 Å². The van der Waals surface area contributed by atoms with Crippen LogP contribution in [-0.4, -0.2) is 22.9 Å². The normalized spacial score (nSPS) is 16.0. The lowest BCUT2D eigenvalue weighted by atomic mass is 9.96. The number of nitrogens with one attached hydrogen (secondary N) is 2. The Morgan fingerprint density at radius 2 is 1.54 bits per heavy atom. The van der Waals surface area contributed by atoms with Crippen molar-refractivity contribution in [3.05, 3.63) is 59.1 Å². The summed E-state index contributed by atoms with van der Waals surface area (Å²) in [6.45, 7) is 0. The highest BCUT2D eigenvalue weighted by Gasteiger charge is 2.22. The molecule has 1 saturated carbocycles. The van der Waals surface area contributed by atoms with Crippen LogP contribution in [0.25, 0.3) is 0 Å². The molecule has 2 aromatic rings. The second-order valence-electron chi connectivity index (χ2n) is 6.93. The number of sulfonamides is 2. The summed E-state index contributed by atoms with van der Waals surface area (Å²) in [5, 5.41) is 0.378. The highest BCUT2D eigenvalue weighted by Crippen LogP contribution is 2.22. The molecule has 1 fully saturated rings. The fourth-order valence-corrected chi connectivity index (χ4v) is 6.06. The molecule has 152 valence electrons. The summed E-state index contributed by atoms with van der Waals surface area (Å²) in [6.07, 6.45) is 4.89. The van der Waals surface area contributed by atoms with Crippen LogP contribution in [0, 0.1) is 0 Å². The van der Waals surface area contributed by atoms with E-state index in [1.807, 2.05) is 0 Å². The highest BCUT2D eigenvalue weighted by molar-refractivity contribution is 7.92. The number of benzene rings is 2. The smallest absolute Gasteiger partial charge is 0.240 e. The molecule has 28 heavy (non-hydrogen) atoms. The minimum absolute atomic E-state index is 0.0347. The zero-order valence-electron chi connectivity index (χ0n) is 15.3. The van der Waals surface area contributed by atoms with Crippen molar-refractivity contribution >= 4 is 37.3 Å². The first kappa shape index (κ1) is 21.1. The van der Waals surface area contributed by atoms with Crippen LogP contribution in [0.3, 0.4) is 0 Å². The van der Waals surface area contributed by atoms with E-state index in [0.29, 0.717) is 16.3 Å². The van der Waals surface area contributed by atoms with Crippen LogP contribution in [0.4, 0.5) is 5.69 Å². The predicted octanol–water partition coefficient (Wildman–Crippen LogP) is 3.89. The molecule has 1 aliphatic carbocycles. The van der Waals surface area contributed by atoms with Crippen molar-refractivity contribution in [2.75, 3.05) is 4.72 Å². The van der Waals surface area contributed by atoms with Crippen molar-refractivity contribution in [1.29, 1.82) is 0 Å². The molecule has 0 amide bonds. The van der Waals surface area contributed by atoms with Gasteiger partial charge in [-0.3, -0.25) is 4.72 Å². The molecule has 0 bridgehead atoms. The lowest BCUT2D eigenvalue weighted by Gasteiger charge is -2.22. The Balaban J connectivity index is 1.67. The molecular weight excluding hydrogens is 420 g/mol. The number of anilines is 1. The molecular formula is C19H23ClN2O4S2. The zero-order chi connectivity index (χ0) is 20.2. The van der Waals surface area contributed by atoms with Gasteiger partial charge in [0.2, 0.25) is 20.0 Å². The highest BCUT2D eigenvalue weighted by atomic mass is 35.5. The second kappa shape index (κ2) is 8.82. The Kier molecular flexibility index (Phi) is 6.65. The molecule has 0 heterocycles. The molecule has 0 unspecified atom stereocenters. The molecule has 0 saturated heterocycles. The van der Waals surface area contributed by atoms with Crippen molar-refractivity contribution in [1.82, 2.24) is 4.72 Å². The van der Waals surface area contributed by atoms with E-state index in [9.17, 15) is 16.8 Å². The first-order valence-electron chi connectivity index (χ1n) is 9.11. The van der Waals surface area contributed by atoms with Gasteiger partial charge in [0.25, 0.3) is 0 Å². The Labute approximate surface area is 171 Å². The topological polar surface area (TPSA) is 92.3 Å². The van der Waals surface area contributed by atoms with E-state index in [1.165, 1.54) is 24.3 Å². The standard InChI is InChI=1S/C19H23ClN2O4S2/c20-19-9-5-4-6-15(19)14-27(23,24)21-17-10-12-18(13-11-17)28(25,26)22-16-7-2-1-3-8-16/h4-6,9-13,16,21-22H,1-3,7-8,14H2. The summed E-state index contributed by atoms with van der Waals surface area (Å²) in [6, 6.07) is 12.4. The van der Waals surface area contributed by atoms with E-state index in [-0.39, 0.29) is 16.7 Å². The molecule has 3 rings (SSSR count). The van der Waals surface area contributed by atoms with Crippen molar-refractivity contribution in [3.63, 3.8) is 0 Å². The van der Waals surface area contributed by atoms with Gasteiger partial charge in [-0.1, -0.05) is 49.1 Å². The minimum atomic E-state index is -3.68. The maximum Gasteiger partial charge on any atom is 0.240 e. The lowest BCUT2D eigenvalue weighted by molar-refractivity contribution is 0.412. The Morgan fingerprint density at radius 1 is 0.893 bits per heavy atom. The van der Waals surface area contributed by atoms with Gasteiger partial charge in [0.05, 0.1) is 10.6 Å². The van der Waals surface area contributed by atoms with E-state index in [4.69, 9.17) is 11.6 Å². The van der Waals surface area contributed by atoms with Gasteiger partial charge in [-0.25, -0.2) is 21.6 Å². The quantitative estimate of drug-likeness (QED) is 0.680. The Bertz CT molecular complexity index is 1020. The molecule has 9 heteroatoms. The molecule has 0 aliphatic heterocycles. The summed E-state index contributed by atoms with van der Waals surface area (Å²) >= 11 is 6.02. The first-order chi connectivity index (χ1) is 13.3. The van der Waals surface area contributed by atoms with Crippen LogP contribution >= 0.6 is 11.6 Å². The second-order valence-corrected chi connectivity index (χ2v) is 10.8. The van der Waals surface area contributed by atoms with Gasteiger partial charge in [0.1, 0.15) is 0 Å². The van der Waals surface area contributed by atoms with E-state index >= 15 is 0 Å². The minimum Gasteiger partial charge on any atom is -0.283 e. The van der Waals surface area contributed by atoms with Crippen LogP contribution in [0.5, 0.6) is 0 Å². The van der Waals surface area contributed by atoms with E-state index < -0.39 is 20.0 Å². The summed E-state index contributed by atoms with van der Waals surface area (Å²) in [4.78, 5) is 0.118. The fourth-order valence-electron chi connectivity index (χ4n) is 3.25. The maximum atomic E-state index is 12.5. The SMILES string of the molecule is O=S(=O)(Cc1ccccc1Cl)Nc1ccc(S(=O)(=O)NC2CCCCC2)cc1. The van der Waals surface area contributed by atoms with E-state index in [1.54, 1.807) is 24.3 Å². The zero-order valence-corrected chi connectivity index (χ0v) is 17.7. The van der Waals surface area contributed by atoms with Crippen molar-refractivity contribution < 1.29 is 16.8 Å². The first-order valence-corrected chi connectivity index (χ1v) is 12.6. The van der Waals surface area contributed by atoms with Crippen LogP contribution in [-0.2, 0) is 25.8 Å². The molecule has 0 atom stereocenters. The maximum absolute atomic E-state index is 12.5. The van der Waals surface area contributed by atoms with Crippen LogP contribution in [0.2, 0.25) is 5.02 Å². The van der Waals surface area contributed by atoms with Gasteiger partial charge in [-0.2, -0.15) is 0 Å². The molecule has 6 nitrogen and oxygen atoms in total. The summed E-state index contributed by atoms with van der Waals surface area (Å²) in [7, 11) is -7.30. The third-order valence-corrected chi connectivity index (χ3v) is 7.81. The van der Waals surface area contributed by atoms with E-state index in [2.05, 4.69) is 9.44 Å². The molecule has 2 aromatic carbocycles. The lowest BCUT2D eigenvalue weighted by Crippen LogP contribution is -2.36. The molecule has 1 aliphatic rings. The van der Waals surface area contributed by atoms with Gasteiger partial charge >= 0.3 is 0 Å². The van der Waals surface area contributed by atoms with Gasteiger partial charge in [-0.05, 0) is 48.7 Å². The Hall–Kier alpha value is -1.61. The number of halogens is 1. The Morgan fingerprint density at radius 3 is 2.18 bits per heavy atom. The van der Waals surface area contributed by atoms with Crippen LogP contribution in [0.15, 0.2) is 53.4 Å². The van der Waals surface area contributed by atoms with E-state index in [0.717, 1.165) is 32.1 Å². The van der Waals surface area contributed by atoms with Gasteiger partial charge in [-0.15, -0.1) is 0 Å². The van der Waals surface area contributed by atoms with Gasteiger partial charge in [0.15, 0.2) is 0 Å². The molecule has 0 aromatic heterocycles. The summed E-state index contributed by atoms with van der Waals surface area (Å²) in [5.74, 6) is -0.268. The predicted molar refractivity (Wildman–Crippen MR) is 111 cm³/mol. The van der Waals surface area contributed by atoms with Crippen molar-refractivity contribution in [2.24, 2.45) is 0 Å². The third-order valence-electron chi connectivity index (χ3n) is 4.67. The number of rotatable bonds is 7. The van der Waals surface area contributed by atoms with Gasteiger partial charge < -0.3 is 0 Å². The summed E-state index contributed by atoms with van der Waals surface area (Å²) < 4.78 is 54.9. The summed E-state index contributed by atoms with van der Waals surface area (Å²) in [5.41, 5.74) is 0.788.